The molecule has 0 atom stereocenters. The number of hydrogen-bond acceptors (Lipinski definition) is 4. The number of H-pyrrole nitrogens is 1. The number of rotatable bonds is 4. The van der Waals surface area contributed by atoms with Gasteiger partial charge < -0.3 is 4.74 Å². The molecule has 0 fully saturated rings. The largest absolute Gasteiger partial charge is 0.473 e. The molecule has 1 heterocycles. The summed E-state index contributed by atoms with van der Waals surface area (Å²) in [4.78, 5) is -0.150. The second-order valence-electron chi connectivity index (χ2n) is 3.33. The van der Waals surface area contributed by atoms with E-state index in [1.807, 2.05) is 0 Å². The number of aromatic amines is 1. The van der Waals surface area contributed by atoms with Crippen molar-refractivity contribution in [3.05, 3.63) is 42.1 Å². The Morgan fingerprint density at radius 1 is 1.35 bits per heavy atom. The zero-order valence-electron chi connectivity index (χ0n) is 8.70. The van der Waals surface area contributed by atoms with E-state index in [1.54, 1.807) is 18.3 Å². The van der Waals surface area contributed by atoms with Crippen molar-refractivity contribution < 1.29 is 17.7 Å². The Bertz CT molecular complexity index is 593. The normalized spacial score (nSPS) is 11.4. The third kappa shape index (κ3) is 3.05. The minimum atomic E-state index is -4.17. The lowest BCUT2D eigenvalue weighted by molar-refractivity contribution is 0.293. The molecule has 0 spiro atoms. The van der Waals surface area contributed by atoms with Crippen molar-refractivity contribution in [2.75, 3.05) is 0 Å². The minimum Gasteiger partial charge on any atom is -0.473 e. The van der Waals surface area contributed by atoms with Crippen molar-refractivity contribution >= 4 is 10.1 Å². The highest BCUT2D eigenvalue weighted by Crippen LogP contribution is 2.13. The molecule has 0 aliphatic carbocycles. The van der Waals surface area contributed by atoms with Gasteiger partial charge in [0.25, 0.3) is 10.1 Å². The summed E-state index contributed by atoms with van der Waals surface area (Å²) < 4.78 is 36.0. The number of hydrogen-bond donors (Lipinski definition) is 2. The molecule has 90 valence electrons. The molecule has 0 bridgehead atoms. The topological polar surface area (TPSA) is 92.3 Å². The number of aromatic nitrogens is 2. The summed E-state index contributed by atoms with van der Waals surface area (Å²) in [5.74, 6) is 0.488. The van der Waals surface area contributed by atoms with Gasteiger partial charge in [-0.2, -0.15) is 13.5 Å². The summed E-state index contributed by atoms with van der Waals surface area (Å²) in [5, 5.41) is 6.32. The van der Waals surface area contributed by atoms with Crippen LogP contribution in [0.4, 0.5) is 0 Å². The average Bonchev–Trinajstić information content (AvgIpc) is 2.78. The fourth-order valence-electron chi connectivity index (χ4n) is 1.28. The van der Waals surface area contributed by atoms with Crippen LogP contribution in [-0.2, 0) is 16.7 Å². The van der Waals surface area contributed by atoms with Crippen molar-refractivity contribution in [1.82, 2.24) is 10.2 Å². The van der Waals surface area contributed by atoms with Crippen molar-refractivity contribution in [2.45, 2.75) is 11.5 Å². The van der Waals surface area contributed by atoms with Crippen molar-refractivity contribution in [2.24, 2.45) is 0 Å². The molecule has 2 N–H and O–H groups in total. The van der Waals surface area contributed by atoms with Crippen molar-refractivity contribution in [1.29, 1.82) is 0 Å². The Balaban J connectivity index is 2.12. The predicted molar refractivity (Wildman–Crippen MR) is 59.2 cm³/mol. The van der Waals surface area contributed by atoms with Gasteiger partial charge in [0.2, 0.25) is 5.88 Å². The van der Waals surface area contributed by atoms with Crippen LogP contribution in [-0.4, -0.2) is 23.2 Å². The Hall–Kier alpha value is -1.86. The van der Waals surface area contributed by atoms with E-state index in [4.69, 9.17) is 9.29 Å². The molecule has 2 aromatic rings. The van der Waals surface area contributed by atoms with Crippen LogP contribution in [0.2, 0.25) is 0 Å². The highest BCUT2D eigenvalue weighted by atomic mass is 32.2. The first kappa shape index (κ1) is 11.6. The first-order chi connectivity index (χ1) is 8.05. The summed E-state index contributed by atoms with van der Waals surface area (Å²) in [7, 11) is -4.17. The number of benzene rings is 1. The zero-order valence-corrected chi connectivity index (χ0v) is 9.52. The third-order valence-corrected chi connectivity index (χ3v) is 2.92. The van der Waals surface area contributed by atoms with Crippen LogP contribution < -0.4 is 4.74 Å². The van der Waals surface area contributed by atoms with Gasteiger partial charge in [0.1, 0.15) is 6.61 Å². The van der Waals surface area contributed by atoms with Gasteiger partial charge in [-0.15, -0.1) is 0 Å². The van der Waals surface area contributed by atoms with E-state index < -0.39 is 10.1 Å². The van der Waals surface area contributed by atoms with E-state index in [0.717, 1.165) is 0 Å². The van der Waals surface area contributed by atoms with Gasteiger partial charge in [0, 0.05) is 6.07 Å². The van der Waals surface area contributed by atoms with Crippen LogP contribution in [0, 0.1) is 0 Å². The molecule has 0 saturated heterocycles. The maximum Gasteiger partial charge on any atom is 0.294 e. The Labute approximate surface area is 98.0 Å². The lowest BCUT2D eigenvalue weighted by atomic mass is 10.2. The maximum atomic E-state index is 10.9. The summed E-state index contributed by atoms with van der Waals surface area (Å²) in [6.07, 6.45) is 1.55. The van der Waals surface area contributed by atoms with E-state index in [2.05, 4.69) is 10.2 Å². The van der Waals surface area contributed by atoms with Gasteiger partial charge >= 0.3 is 0 Å². The molecule has 0 aliphatic heterocycles. The molecular weight excluding hydrogens is 244 g/mol. The molecule has 0 saturated carbocycles. The highest BCUT2D eigenvalue weighted by molar-refractivity contribution is 7.85. The van der Waals surface area contributed by atoms with Crippen LogP contribution in [0.5, 0.6) is 5.88 Å². The summed E-state index contributed by atoms with van der Waals surface area (Å²) >= 11 is 0. The van der Waals surface area contributed by atoms with Crippen LogP contribution in [0.3, 0.4) is 0 Å². The van der Waals surface area contributed by atoms with Crippen LogP contribution in [0.15, 0.2) is 41.4 Å². The maximum absolute atomic E-state index is 10.9. The van der Waals surface area contributed by atoms with Crippen molar-refractivity contribution in [3.63, 3.8) is 0 Å². The predicted octanol–water partition coefficient (Wildman–Crippen LogP) is 1.24. The first-order valence-corrected chi connectivity index (χ1v) is 6.18. The molecule has 6 nitrogen and oxygen atoms in total. The van der Waals surface area contributed by atoms with Crippen molar-refractivity contribution in [3.8, 4) is 5.88 Å². The van der Waals surface area contributed by atoms with Crippen LogP contribution >= 0.6 is 0 Å². The summed E-state index contributed by atoms with van der Waals surface area (Å²) in [6.45, 7) is 0.186. The smallest absolute Gasteiger partial charge is 0.294 e. The fraction of sp³-hybridized carbons (Fsp3) is 0.100. The summed E-state index contributed by atoms with van der Waals surface area (Å²) in [6, 6.07) is 7.55. The van der Waals surface area contributed by atoms with E-state index in [9.17, 15) is 8.42 Å². The number of nitrogens with one attached hydrogen (secondary N) is 1. The van der Waals surface area contributed by atoms with E-state index in [-0.39, 0.29) is 11.5 Å². The lowest BCUT2D eigenvalue weighted by Gasteiger charge is -2.04. The molecule has 1 aromatic heterocycles. The van der Waals surface area contributed by atoms with E-state index in [0.29, 0.717) is 11.4 Å². The second-order valence-corrected chi connectivity index (χ2v) is 4.75. The highest BCUT2D eigenvalue weighted by Gasteiger charge is 2.09. The van der Waals surface area contributed by atoms with E-state index >= 15 is 0 Å². The monoisotopic (exact) mass is 254 g/mol. The molecule has 2 rings (SSSR count). The SMILES string of the molecule is O=S(=O)(O)c1cccc(COc2ccn[nH]2)c1. The average molecular weight is 254 g/mol. The first-order valence-electron chi connectivity index (χ1n) is 4.74. The van der Waals surface area contributed by atoms with Crippen LogP contribution in [0.1, 0.15) is 5.56 Å². The van der Waals surface area contributed by atoms with Gasteiger partial charge in [-0.25, -0.2) is 5.10 Å². The quantitative estimate of drug-likeness (QED) is 0.801. The molecule has 7 heteroatoms. The molecule has 17 heavy (non-hydrogen) atoms. The molecule has 0 aliphatic rings. The molecule has 0 unspecified atom stereocenters. The van der Waals surface area contributed by atoms with Gasteiger partial charge in [0.15, 0.2) is 0 Å². The standard InChI is InChI=1S/C10H10N2O4S/c13-17(14,15)9-3-1-2-8(6-9)7-16-10-4-5-11-12-10/h1-6H,7H2,(H,11,12)(H,13,14,15). The summed E-state index contributed by atoms with van der Waals surface area (Å²) in [5.41, 5.74) is 0.634. The van der Waals surface area contributed by atoms with Gasteiger partial charge in [-0.1, -0.05) is 12.1 Å². The molecule has 0 amide bonds. The Morgan fingerprint density at radius 2 is 2.18 bits per heavy atom. The lowest BCUT2D eigenvalue weighted by Crippen LogP contribution is -2.01. The third-order valence-electron chi connectivity index (χ3n) is 2.07. The van der Waals surface area contributed by atoms with Gasteiger partial charge in [0.05, 0.1) is 11.1 Å². The number of ether oxygens (including phenoxy) is 1. The Kier molecular flexibility index (Phi) is 3.12. The molecule has 1 aromatic carbocycles. The Morgan fingerprint density at radius 3 is 2.82 bits per heavy atom. The minimum absolute atomic E-state index is 0.150. The molecule has 0 radical (unpaired) electrons. The van der Waals surface area contributed by atoms with Gasteiger partial charge in [-0.05, 0) is 17.7 Å². The molecular formula is C10H10N2O4S. The van der Waals surface area contributed by atoms with Gasteiger partial charge in [-0.3, -0.25) is 4.55 Å². The van der Waals surface area contributed by atoms with Crippen LogP contribution in [0.25, 0.3) is 0 Å². The fourth-order valence-corrected chi connectivity index (χ4v) is 1.83. The zero-order chi connectivity index (χ0) is 12.3. The van der Waals surface area contributed by atoms with E-state index in [1.165, 1.54) is 18.2 Å². The number of nitrogens with zero attached hydrogens (tertiary/aromatic N) is 1. The second kappa shape index (κ2) is 4.56.